The van der Waals surface area contributed by atoms with Crippen LogP contribution in [0.2, 0.25) is 0 Å². The molecule has 0 saturated carbocycles. The zero-order chi connectivity index (χ0) is 13.1. The van der Waals surface area contributed by atoms with Gasteiger partial charge in [-0.3, -0.25) is 4.79 Å². The number of hydrogen-bond donors (Lipinski definition) is 3. The van der Waals surface area contributed by atoms with Gasteiger partial charge in [0.1, 0.15) is 11.3 Å². The number of hydrogen-bond acceptors (Lipinski definition) is 3. The van der Waals surface area contributed by atoms with Crippen molar-refractivity contribution in [1.82, 2.24) is 0 Å². The number of rotatable bonds is 5. The van der Waals surface area contributed by atoms with Crippen LogP contribution in [0.5, 0.6) is 5.75 Å². The van der Waals surface area contributed by atoms with Crippen molar-refractivity contribution in [3.05, 3.63) is 29.8 Å². The number of phenols is 1. The van der Waals surface area contributed by atoms with Crippen LogP contribution in [0.4, 0.5) is 0 Å². The predicted octanol–water partition coefficient (Wildman–Crippen LogP) is 1.76. The molecule has 4 nitrogen and oxygen atoms in total. The van der Waals surface area contributed by atoms with Gasteiger partial charge in [-0.15, -0.1) is 0 Å². The Labute approximate surface area is 101 Å². The third kappa shape index (κ3) is 2.97. The molecule has 0 aliphatic heterocycles. The van der Waals surface area contributed by atoms with E-state index in [0.717, 1.165) is 5.56 Å². The lowest BCUT2D eigenvalue weighted by Gasteiger charge is -2.30. The lowest BCUT2D eigenvalue weighted by atomic mass is 9.79. The molecule has 17 heavy (non-hydrogen) atoms. The first-order chi connectivity index (χ1) is 7.90. The van der Waals surface area contributed by atoms with E-state index in [1.54, 1.807) is 12.1 Å². The molecule has 0 aromatic heterocycles. The van der Waals surface area contributed by atoms with Crippen LogP contribution in [0.25, 0.3) is 0 Å². The summed E-state index contributed by atoms with van der Waals surface area (Å²) in [6.45, 7) is 3.76. The maximum Gasteiger partial charge on any atom is 0.324 e. The quantitative estimate of drug-likeness (QED) is 0.728. The monoisotopic (exact) mass is 237 g/mol. The molecule has 0 aliphatic carbocycles. The van der Waals surface area contributed by atoms with Crippen LogP contribution in [0, 0.1) is 5.92 Å². The van der Waals surface area contributed by atoms with Gasteiger partial charge in [-0.05, 0) is 23.6 Å². The third-order valence-corrected chi connectivity index (χ3v) is 3.32. The summed E-state index contributed by atoms with van der Waals surface area (Å²) in [4.78, 5) is 11.3. The van der Waals surface area contributed by atoms with Gasteiger partial charge >= 0.3 is 5.97 Å². The molecule has 2 atom stereocenters. The van der Waals surface area contributed by atoms with Crippen molar-refractivity contribution in [2.75, 3.05) is 0 Å². The van der Waals surface area contributed by atoms with Crippen LogP contribution in [0.3, 0.4) is 0 Å². The molecule has 4 heteroatoms. The number of carboxylic acids is 1. The molecular formula is C13H19NO3. The average molecular weight is 237 g/mol. The molecule has 4 N–H and O–H groups in total. The normalized spacial score (nSPS) is 16.2. The zero-order valence-corrected chi connectivity index (χ0v) is 10.2. The van der Waals surface area contributed by atoms with E-state index in [0.29, 0.717) is 6.42 Å². The first kappa shape index (κ1) is 13.5. The highest BCUT2D eigenvalue weighted by Gasteiger charge is 2.38. The number of aliphatic carboxylic acids is 1. The van der Waals surface area contributed by atoms with Crippen molar-refractivity contribution in [3.63, 3.8) is 0 Å². The zero-order valence-electron chi connectivity index (χ0n) is 10.2. The second-order valence-electron chi connectivity index (χ2n) is 4.50. The molecule has 1 aromatic rings. The van der Waals surface area contributed by atoms with E-state index >= 15 is 0 Å². The Bertz CT molecular complexity index is 388. The van der Waals surface area contributed by atoms with Gasteiger partial charge in [0, 0.05) is 6.42 Å². The van der Waals surface area contributed by atoms with Gasteiger partial charge in [0.2, 0.25) is 0 Å². The Balaban J connectivity index is 2.94. The molecule has 1 unspecified atom stereocenters. The highest BCUT2D eigenvalue weighted by atomic mass is 16.4. The molecule has 0 spiro atoms. The van der Waals surface area contributed by atoms with Crippen LogP contribution >= 0.6 is 0 Å². The summed E-state index contributed by atoms with van der Waals surface area (Å²) in [5.74, 6) is -0.941. The maximum absolute atomic E-state index is 11.3. The highest BCUT2D eigenvalue weighted by molar-refractivity contribution is 5.79. The van der Waals surface area contributed by atoms with Crippen molar-refractivity contribution in [2.24, 2.45) is 11.7 Å². The molecule has 0 radical (unpaired) electrons. The largest absolute Gasteiger partial charge is 0.508 e. The van der Waals surface area contributed by atoms with Crippen molar-refractivity contribution in [1.29, 1.82) is 0 Å². The first-order valence-electron chi connectivity index (χ1n) is 5.70. The minimum atomic E-state index is -1.26. The Morgan fingerprint density at radius 2 is 1.94 bits per heavy atom. The second-order valence-corrected chi connectivity index (χ2v) is 4.50. The van der Waals surface area contributed by atoms with Gasteiger partial charge < -0.3 is 15.9 Å². The summed E-state index contributed by atoms with van der Waals surface area (Å²) in [5, 5.41) is 18.4. The summed E-state index contributed by atoms with van der Waals surface area (Å²) in [5.41, 5.74) is 5.56. The van der Waals surface area contributed by atoms with E-state index in [2.05, 4.69) is 0 Å². The molecule has 94 valence electrons. The van der Waals surface area contributed by atoms with Crippen LogP contribution in [-0.4, -0.2) is 21.7 Å². The number of carbonyl (C=O) groups is 1. The van der Waals surface area contributed by atoms with Crippen LogP contribution in [0.15, 0.2) is 24.3 Å². The molecule has 0 fully saturated rings. The number of benzene rings is 1. The SMILES string of the molecule is CCC(C)[C@](N)(Cc1ccc(O)cc1)C(=O)O. The summed E-state index contributed by atoms with van der Waals surface area (Å²) in [6.07, 6.45) is 0.971. The lowest BCUT2D eigenvalue weighted by molar-refractivity contribution is -0.145. The molecule has 0 amide bonds. The summed E-state index contributed by atoms with van der Waals surface area (Å²) in [7, 11) is 0. The lowest BCUT2D eigenvalue weighted by Crippen LogP contribution is -2.54. The van der Waals surface area contributed by atoms with Gasteiger partial charge in [0.15, 0.2) is 0 Å². The fourth-order valence-electron chi connectivity index (χ4n) is 1.78. The molecule has 0 heterocycles. The highest BCUT2D eigenvalue weighted by Crippen LogP contribution is 2.24. The minimum absolute atomic E-state index is 0.117. The fourth-order valence-corrected chi connectivity index (χ4v) is 1.78. The molecular weight excluding hydrogens is 218 g/mol. The van der Waals surface area contributed by atoms with E-state index in [9.17, 15) is 15.0 Å². The Kier molecular flexibility index (Phi) is 4.12. The van der Waals surface area contributed by atoms with Crippen molar-refractivity contribution >= 4 is 5.97 Å². The molecule has 1 rings (SSSR count). The van der Waals surface area contributed by atoms with Crippen LogP contribution in [0.1, 0.15) is 25.8 Å². The first-order valence-corrected chi connectivity index (χ1v) is 5.70. The third-order valence-electron chi connectivity index (χ3n) is 3.32. The molecule has 0 aliphatic rings. The summed E-state index contributed by atoms with van der Waals surface area (Å²) in [6, 6.07) is 6.47. The molecule has 1 aromatic carbocycles. The minimum Gasteiger partial charge on any atom is -0.508 e. The molecule has 0 bridgehead atoms. The Hall–Kier alpha value is -1.55. The summed E-state index contributed by atoms with van der Waals surface area (Å²) >= 11 is 0. The van der Waals surface area contributed by atoms with Gasteiger partial charge in [0.05, 0.1) is 0 Å². The van der Waals surface area contributed by atoms with Gasteiger partial charge in [0.25, 0.3) is 0 Å². The van der Waals surface area contributed by atoms with Crippen LogP contribution < -0.4 is 5.73 Å². The van der Waals surface area contributed by atoms with E-state index < -0.39 is 11.5 Å². The van der Waals surface area contributed by atoms with Gasteiger partial charge in [-0.25, -0.2) is 0 Å². The average Bonchev–Trinajstić information content (AvgIpc) is 2.30. The van der Waals surface area contributed by atoms with E-state index in [1.807, 2.05) is 13.8 Å². The number of phenolic OH excluding ortho intramolecular Hbond substituents is 1. The second kappa shape index (κ2) is 5.19. The van der Waals surface area contributed by atoms with E-state index in [1.165, 1.54) is 12.1 Å². The topological polar surface area (TPSA) is 83.5 Å². The number of nitrogens with two attached hydrogens (primary N) is 1. The van der Waals surface area contributed by atoms with E-state index in [4.69, 9.17) is 5.73 Å². The Morgan fingerprint density at radius 3 is 2.35 bits per heavy atom. The number of aromatic hydroxyl groups is 1. The molecule has 0 saturated heterocycles. The van der Waals surface area contributed by atoms with Gasteiger partial charge in [-0.1, -0.05) is 32.4 Å². The smallest absolute Gasteiger partial charge is 0.324 e. The number of carboxylic acid groups (broad SMARTS) is 1. The van der Waals surface area contributed by atoms with Crippen LogP contribution in [-0.2, 0) is 11.2 Å². The van der Waals surface area contributed by atoms with Crippen molar-refractivity contribution in [2.45, 2.75) is 32.2 Å². The predicted molar refractivity (Wildman–Crippen MR) is 65.8 cm³/mol. The van der Waals surface area contributed by atoms with E-state index in [-0.39, 0.29) is 18.1 Å². The van der Waals surface area contributed by atoms with Crippen molar-refractivity contribution < 1.29 is 15.0 Å². The Morgan fingerprint density at radius 1 is 1.41 bits per heavy atom. The standard InChI is InChI=1S/C13H19NO3/c1-3-9(2)13(14,12(16)17)8-10-4-6-11(15)7-5-10/h4-7,9,15H,3,8,14H2,1-2H3,(H,16,17)/t9?,13-/m1/s1. The maximum atomic E-state index is 11.3. The fraction of sp³-hybridized carbons (Fsp3) is 0.462. The summed E-state index contributed by atoms with van der Waals surface area (Å²) < 4.78 is 0. The van der Waals surface area contributed by atoms with Crippen molar-refractivity contribution in [3.8, 4) is 5.75 Å². The van der Waals surface area contributed by atoms with Gasteiger partial charge in [-0.2, -0.15) is 0 Å².